The number of nitrogen functional groups attached to an aromatic ring is 1. The van der Waals surface area contributed by atoms with E-state index in [1.807, 2.05) is 29.1 Å². The summed E-state index contributed by atoms with van der Waals surface area (Å²) < 4.78 is 8.26. The molecule has 1 aromatic heterocycles. The summed E-state index contributed by atoms with van der Waals surface area (Å²) in [5.41, 5.74) is 6.83. The van der Waals surface area contributed by atoms with Crippen molar-refractivity contribution in [3.63, 3.8) is 0 Å². The normalized spacial score (nSPS) is 10.7. The number of anilines is 1. The highest BCUT2D eigenvalue weighted by molar-refractivity contribution is 9.10. The van der Waals surface area contributed by atoms with Gasteiger partial charge in [-0.15, -0.1) is 0 Å². The first-order chi connectivity index (χ1) is 8.75. The van der Waals surface area contributed by atoms with Crippen LogP contribution in [0, 0.1) is 0 Å². The summed E-state index contributed by atoms with van der Waals surface area (Å²) in [5.74, 6) is 0.528. The fraction of sp³-hybridized carbons (Fsp3) is 0.308. The maximum absolute atomic E-state index is 5.64. The van der Waals surface area contributed by atoms with Gasteiger partial charge in [-0.2, -0.15) is 5.10 Å². The van der Waals surface area contributed by atoms with Crippen molar-refractivity contribution in [1.82, 2.24) is 9.78 Å². The van der Waals surface area contributed by atoms with Crippen LogP contribution in [0.15, 0.2) is 41.0 Å². The van der Waals surface area contributed by atoms with Gasteiger partial charge in [0.15, 0.2) is 5.82 Å². The van der Waals surface area contributed by atoms with Gasteiger partial charge < -0.3 is 10.5 Å². The molecule has 0 aliphatic heterocycles. The molecule has 5 heteroatoms. The summed E-state index contributed by atoms with van der Waals surface area (Å²) in [6.45, 7) is 2.18. The Labute approximate surface area is 115 Å². The Bertz CT molecular complexity index is 465. The van der Waals surface area contributed by atoms with Gasteiger partial charge in [0, 0.05) is 19.3 Å². The lowest BCUT2D eigenvalue weighted by atomic mass is 10.2. The van der Waals surface area contributed by atoms with Crippen LogP contribution in [0.3, 0.4) is 0 Å². The smallest absolute Gasteiger partial charge is 0.159 e. The van der Waals surface area contributed by atoms with Gasteiger partial charge in [-0.3, -0.25) is 4.68 Å². The van der Waals surface area contributed by atoms with Crippen molar-refractivity contribution in [2.24, 2.45) is 0 Å². The molecule has 2 N–H and O–H groups in total. The third-order valence-electron chi connectivity index (χ3n) is 2.53. The number of nitrogens with two attached hydrogens (primary N) is 1. The Hall–Kier alpha value is -1.33. The largest absolute Gasteiger partial charge is 0.381 e. The lowest BCUT2D eigenvalue weighted by Gasteiger charge is -2.04. The average Bonchev–Trinajstić information content (AvgIpc) is 2.70. The predicted molar refractivity (Wildman–Crippen MR) is 75.1 cm³/mol. The number of benzene rings is 1. The Balaban J connectivity index is 1.64. The van der Waals surface area contributed by atoms with Gasteiger partial charge in [-0.05, 0) is 27.9 Å². The third-order valence-corrected chi connectivity index (χ3v) is 3.14. The molecule has 0 unspecified atom stereocenters. The first-order valence-corrected chi connectivity index (χ1v) is 6.65. The predicted octanol–water partition coefficient (Wildman–Crippen LogP) is 2.83. The minimum absolute atomic E-state index is 0.528. The van der Waals surface area contributed by atoms with Gasteiger partial charge in [0.1, 0.15) is 0 Å². The molecule has 4 nitrogen and oxygen atoms in total. The standard InChI is InChI=1S/C13H16BrN3O/c14-12-9-17(16-13(12)15)7-4-8-18-10-11-5-2-1-3-6-11/h1-3,5-6,9H,4,7-8,10H2,(H2,15,16). The zero-order valence-corrected chi connectivity index (χ0v) is 11.6. The molecule has 0 spiro atoms. The van der Waals surface area contributed by atoms with Crippen LogP contribution in [0.25, 0.3) is 0 Å². The number of halogens is 1. The van der Waals surface area contributed by atoms with Crippen molar-refractivity contribution in [2.75, 3.05) is 12.3 Å². The van der Waals surface area contributed by atoms with E-state index in [2.05, 4.69) is 33.2 Å². The van der Waals surface area contributed by atoms with E-state index in [9.17, 15) is 0 Å². The molecule has 0 aliphatic rings. The van der Waals surface area contributed by atoms with Crippen LogP contribution in [0.2, 0.25) is 0 Å². The highest BCUT2D eigenvalue weighted by Crippen LogP contribution is 2.16. The van der Waals surface area contributed by atoms with E-state index < -0.39 is 0 Å². The zero-order chi connectivity index (χ0) is 12.8. The number of nitrogens with zero attached hydrogens (tertiary/aromatic N) is 2. The van der Waals surface area contributed by atoms with Crippen LogP contribution in [0.5, 0.6) is 0 Å². The fourth-order valence-electron chi connectivity index (χ4n) is 1.62. The van der Waals surface area contributed by atoms with Crippen molar-refractivity contribution in [3.8, 4) is 0 Å². The van der Waals surface area contributed by atoms with Crippen LogP contribution >= 0.6 is 15.9 Å². The summed E-state index contributed by atoms with van der Waals surface area (Å²) in [6, 6.07) is 10.2. The van der Waals surface area contributed by atoms with Crippen LogP contribution in [0.4, 0.5) is 5.82 Å². The third kappa shape index (κ3) is 3.85. The molecule has 0 saturated carbocycles. The molecule has 0 amide bonds. The Morgan fingerprint density at radius 2 is 2.06 bits per heavy atom. The quantitative estimate of drug-likeness (QED) is 0.835. The van der Waals surface area contributed by atoms with Gasteiger partial charge >= 0.3 is 0 Å². The van der Waals surface area contributed by atoms with E-state index in [1.54, 1.807) is 0 Å². The fourth-order valence-corrected chi connectivity index (χ4v) is 1.94. The molecule has 1 aromatic carbocycles. The summed E-state index contributed by atoms with van der Waals surface area (Å²) >= 11 is 3.33. The molecule has 2 aromatic rings. The van der Waals surface area contributed by atoms with Crippen LogP contribution < -0.4 is 5.73 Å². The molecule has 0 radical (unpaired) electrons. The molecule has 1 heterocycles. The van der Waals surface area contributed by atoms with Crippen molar-refractivity contribution in [1.29, 1.82) is 0 Å². The van der Waals surface area contributed by atoms with Crippen molar-refractivity contribution in [2.45, 2.75) is 19.6 Å². The van der Waals surface area contributed by atoms with E-state index in [1.165, 1.54) is 5.56 Å². The zero-order valence-electron chi connectivity index (χ0n) is 10.1. The lowest BCUT2D eigenvalue weighted by molar-refractivity contribution is 0.115. The summed E-state index contributed by atoms with van der Waals surface area (Å²) in [5, 5.41) is 4.16. The summed E-state index contributed by atoms with van der Waals surface area (Å²) in [4.78, 5) is 0. The van der Waals surface area contributed by atoms with E-state index in [0.29, 0.717) is 19.0 Å². The number of aromatic nitrogens is 2. The summed E-state index contributed by atoms with van der Waals surface area (Å²) in [6.07, 6.45) is 2.80. The first kappa shape index (κ1) is 13.1. The molecule has 0 fully saturated rings. The second-order valence-corrected chi connectivity index (χ2v) is 4.87. The van der Waals surface area contributed by atoms with Gasteiger partial charge in [0.2, 0.25) is 0 Å². The molecule has 96 valence electrons. The van der Waals surface area contributed by atoms with E-state index >= 15 is 0 Å². The minimum Gasteiger partial charge on any atom is -0.381 e. The van der Waals surface area contributed by atoms with Crippen LogP contribution in [-0.4, -0.2) is 16.4 Å². The van der Waals surface area contributed by atoms with E-state index in [4.69, 9.17) is 10.5 Å². The molecular formula is C13H16BrN3O. The Morgan fingerprint density at radius 3 is 2.72 bits per heavy atom. The average molecular weight is 310 g/mol. The first-order valence-electron chi connectivity index (χ1n) is 5.86. The lowest BCUT2D eigenvalue weighted by Crippen LogP contribution is -2.04. The van der Waals surface area contributed by atoms with Crippen LogP contribution in [0.1, 0.15) is 12.0 Å². The molecular weight excluding hydrogens is 294 g/mol. The molecule has 2 rings (SSSR count). The number of rotatable bonds is 6. The van der Waals surface area contributed by atoms with E-state index in [0.717, 1.165) is 17.4 Å². The number of ether oxygens (including phenoxy) is 1. The maximum atomic E-state index is 5.64. The molecule has 18 heavy (non-hydrogen) atoms. The maximum Gasteiger partial charge on any atom is 0.159 e. The monoisotopic (exact) mass is 309 g/mol. The van der Waals surface area contributed by atoms with Crippen LogP contribution in [-0.2, 0) is 17.9 Å². The SMILES string of the molecule is Nc1nn(CCCOCc2ccccc2)cc1Br. The minimum atomic E-state index is 0.528. The molecule has 0 atom stereocenters. The topological polar surface area (TPSA) is 53.1 Å². The Kier molecular flexibility index (Phi) is 4.78. The van der Waals surface area contributed by atoms with E-state index in [-0.39, 0.29) is 0 Å². The van der Waals surface area contributed by atoms with Gasteiger partial charge in [-0.25, -0.2) is 0 Å². The molecule has 0 aliphatic carbocycles. The van der Waals surface area contributed by atoms with Gasteiger partial charge in [-0.1, -0.05) is 30.3 Å². The van der Waals surface area contributed by atoms with Crippen molar-refractivity contribution < 1.29 is 4.74 Å². The number of hydrogen-bond donors (Lipinski definition) is 1. The number of hydrogen-bond acceptors (Lipinski definition) is 3. The highest BCUT2D eigenvalue weighted by Gasteiger charge is 2.01. The highest BCUT2D eigenvalue weighted by atomic mass is 79.9. The summed E-state index contributed by atoms with van der Waals surface area (Å²) in [7, 11) is 0. The Morgan fingerprint density at radius 1 is 1.28 bits per heavy atom. The van der Waals surface area contributed by atoms with Crippen molar-refractivity contribution in [3.05, 3.63) is 46.6 Å². The van der Waals surface area contributed by atoms with Gasteiger partial charge in [0.25, 0.3) is 0 Å². The van der Waals surface area contributed by atoms with Crippen molar-refractivity contribution >= 4 is 21.7 Å². The molecule has 0 bridgehead atoms. The number of aryl methyl sites for hydroxylation is 1. The molecule has 0 saturated heterocycles. The second kappa shape index (κ2) is 6.56. The second-order valence-electron chi connectivity index (χ2n) is 4.02. The van der Waals surface area contributed by atoms with Gasteiger partial charge in [0.05, 0.1) is 11.1 Å².